The second-order valence-corrected chi connectivity index (χ2v) is 10.7. The zero-order valence-corrected chi connectivity index (χ0v) is 18.8. The summed E-state index contributed by atoms with van der Waals surface area (Å²) in [6, 6.07) is 8.83. The maximum absolute atomic E-state index is 11.6. The van der Waals surface area contributed by atoms with Gasteiger partial charge < -0.3 is 10.6 Å². The van der Waals surface area contributed by atoms with E-state index in [4.69, 9.17) is 0 Å². The first kappa shape index (κ1) is 22.7. The number of sulfonamides is 1. The lowest BCUT2D eigenvalue weighted by atomic mass is 9.86. The third kappa shape index (κ3) is 7.09. The van der Waals surface area contributed by atoms with Crippen LogP contribution in [-0.2, 0) is 21.9 Å². The van der Waals surface area contributed by atoms with E-state index in [0.717, 1.165) is 38.3 Å². The molecule has 0 bridgehead atoms. The normalized spacial score (nSPS) is 17.5. The predicted octanol–water partition coefficient (Wildman–Crippen LogP) is 2.36. The summed E-state index contributed by atoms with van der Waals surface area (Å²) in [4.78, 5) is 4.29. The minimum absolute atomic E-state index is 0.181. The van der Waals surface area contributed by atoms with Gasteiger partial charge in [-0.3, -0.25) is 4.99 Å². The third-order valence-corrected chi connectivity index (χ3v) is 6.65. The summed E-state index contributed by atoms with van der Waals surface area (Å²) in [6.07, 6.45) is 4.00. The van der Waals surface area contributed by atoms with Gasteiger partial charge >= 0.3 is 0 Å². The molecule has 1 heterocycles. The molecule has 7 heteroatoms. The van der Waals surface area contributed by atoms with E-state index in [2.05, 4.69) is 60.7 Å². The molecule has 1 aliphatic heterocycles. The van der Waals surface area contributed by atoms with E-state index in [0.29, 0.717) is 19.0 Å². The second kappa shape index (κ2) is 9.74. The molecule has 0 unspecified atom stereocenters. The molecule has 0 atom stereocenters. The van der Waals surface area contributed by atoms with Crippen molar-refractivity contribution in [1.82, 2.24) is 14.9 Å². The summed E-state index contributed by atoms with van der Waals surface area (Å²) in [6.45, 7) is 9.54. The lowest BCUT2D eigenvalue weighted by Crippen LogP contribution is -2.44. The van der Waals surface area contributed by atoms with Crippen LogP contribution in [0.4, 0.5) is 0 Å². The lowest BCUT2D eigenvalue weighted by molar-refractivity contribution is 0.275. The Morgan fingerprint density at radius 2 is 1.75 bits per heavy atom. The fourth-order valence-corrected chi connectivity index (χ4v) is 4.28. The van der Waals surface area contributed by atoms with Gasteiger partial charge in [0.25, 0.3) is 0 Å². The topological polar surface area (TPSA) is 73.8 Å². The number of rotatable bonds is 6. The maximum atomic E-state index is 11.6. The molecule has 2 rings (SSSR count). The first-order chi connectivity index (χ1) is 13.1. The fraction of sp³-hybridized carbons (Fsp3) is 0.667. The predicted molar refractivity (Wildman–Crippen MR) is 117 cm³/mol. The number of aliphatic imine (C=N–C) groups is 1. The highest BCUT2D eigenvalue weighted by Crippen LogP contribution is 2.22. The first-order valence-corrected chi connectivity index (χ1v) is 11.9. The summed E-state index contributed by atoms with van der Waals surface area (Å²) in [5.41, 5.74) is 2.84. The number of hydrogen-bond donors (Lipinski definition) is 2. The molecule has 0 spiro atoms. The van der Waals surface area contributed by atoms with E-state index in [9.17, 15) is 8.42 Å². The second-order valence-electron chi connectivity index (χ2n) is 8.68. The molecule has 1 aromatic carbocycles. The van der Waals surface area contributed by atoms with Crippen molar-refractivity contribution in [2.75, 3.05) is 39.5 Å². The lowest BCUT2D eigenvalue weighted by Gasteiger charge is -2.30. The Morgan fingerprint density at radius 1 is 1.14 bits per heavy atom. The van der Waals surface area contributed by atoms with Crippen LogP contribution >= 0.6 is 0 Å². The average Bonchev–Trinajstić information content (AvgIpc) is 2.64. The number of guanidine groups is 1. The molecule has 0 aliphatic carbocycles. The summed E-state index contributed by atoms with van der Waals surface area (Å²) < 4.78 is 24.7. The van der Waals surface area contributed by atoms with Crippen molar-refractivity contribution in [2.45, 2.75) is 45.4 Å². The van der Waals surface area contributed by atoms with Crippen molar-refractivity contribution in [1.29, 1.82) is 0 Å². The molecule has 0 aromatic heterocycles. The largest absolute Gasteiger partial charge is 0.356 e. The molecule has 0 radical (unpaired) electrons. The summed E-state index contributed by atoms with van der Waals surface area (Å²) in [7, 11) is -1.28. The van der Waals surface area contributed by atoms with Crippen LogP contribution in [0.25, 0.3) is 0 Å². The van der Waals surface area contributed by atoms with Gasteiger partial charge in [-0.15, -0.1) is 0 Å². The number of hydrogen-bond acceptors (Lipinski definition) is 3. The van der Waals surface area contributed by atoms with Gasteiger partial charge in [-0.1, -0.05) is 45.0 Å². The molecule has 158 valence electrons. The fourth-order valence-electron chi connectivity index (χ4n) is 3.40. The quantitative estimate of drug-likeness (QED) is 0.560. The summed E-state index contributed by atoms with van der Waals surface area (Å²) >= 11 is 0. The van der Waals surface area contributed by atoms with Gasteiger partial charge in [0, 0.05) is 33.2 Å². The Morgan fingerprint density at radius 3 is 2.25 bits per heavy atom. The van der Waals surface area contributed by atoms with Crippen molar-refractivity contribution in [3.8, 4) is 0 Å². The van der Waals surface area contributed by atoms with E-state index in [1.165, 1.54) is 17.4 Å². The molecular formula is C21H36N4O2S. The molecule has 6 nitrogen and oxygen atoms in total. The van der Waals surface area contributed by atoms with Crippen molar-refractivity contribution < 1.29 is 8.42 Å². The Hall–Kier alpha value is -1.60. The summed E-state index contributed by atoms with van der Waals surface area (Å²) in [5, 5.41) is 6.75. The number of nitrogens with one attached hydrogen (secondary N) is 2. The van der Waals surface area contributed by atoms with E-state index in [-0.39, 0.29) is 5.41 Å². The standard InChI is InChI=1S/C21H36N4O2S/c1-21(2,3)19-8-6-17(7-9-19)10-13-23-20(22-4)24-16-18-11-14-25(15-12-18)28(5,26)27/h6-9,18H,10-16H2,1-5H3,(H2,22,23,24). The van der Waals surface area contributed by atoms with Gasteiger partial charge in [0.1, 0.15) is 0 Å². The Bertz CT molecular complexity index is 744. The highest BCUT2D eigenvalue weighted by atomic mass is 32.2. The zero-order valence-electron chi connectivity index (χ0n) is 18.0. The Balaban J connectivity index is 1.71. The minimum atomic E-state index is -3.06. The Kier molecular flexibility index (Phi) is 7.89. The highest BCUT2D eigenvalue weighted by Gasteiger charge is 2.24. The SMILES string of the molecule is CN=C(NCCc1ccc(C(C)(C)C)cc1)NCC1CCN(S(C)(=O)=O)CC1. The molecule has 2 N–H and O–H groups in total. The van der Waals surface area contributed by atoms with Gasteiger partial charge in [0.05, 0.1) is 6.26 Å². The number of nitrogens with zero attached hydrogens (tertiary/aromatic N) is 2. The van der Waals surface area contributed by atoms with Crippen LogP contribution < -0.4 is 10.6 Å². The molecule has 1 saturated heterocycles. The average molecular weight is 409 g/mol. The van der Waals surface area contributed by atoms with Crippen LogP contribution in [-0.4, -0.2) is 58.2 Å². The van der Waals surface area contributed by atoms with Crippen LogP contribution in [0.1, 0.15) is 44.7 Å². The van der Waals surface area contributed by atoms with E-state index in [1.807, 2.05) is 0 Å². The van der Waals surface area contributed by atoms with Crippen molar-refractivity contribution in [2.24, 2.45) is 10.9 Å². The Labute approximate surface area is 170 Å². The zero-order chi connectivity index (χ0) is 20.8. The smallest absolute Gasteiger partial charge is 0.211 e. The van der Waals surface area contributed by atoms with Crippen molar-refractivity contribution >= 4 is 16.0 Å². The van der Waals surface area contributed by atoms with Crippen molar-refractivity contribution in [3.63, 3.8) is 0 Å². The van der Waals surface area contributed by atoms with Crippen LogP contribution in [0.2, 0.25) is 0 Å². The monoisotopic (exact) mass is 408 g/mol. The minimum Gasteiger partial charge on any atom is -0.356 e. The van der Waals surface area contributed by atoms with Crippen LogP contribution in [0, 0.1) is 5.92 Å². The summed E-state index contributed by atoms with van der Waals surface area (Å²) in [5.74, 6) is 1.28. The van der Waals surface area contributed by atoms with Gasteiger partial charge in [-0.25, -0.2) is 12.7 Å². The van der Waals surface area contributed by atoms with Crippen molar-refractivity contribution in [3.05, 3.63) is 35.4 Å². The van der Waals surface area contributed by atoms with E-state index < -0.39 is 10.0 Å². The highest BCUT2D eigenvalue weighted by molar-refractivity contribution is 7.88. The molecular weight excluding hydrogens is 372 g/mol. The number of benzene rings is 1. The van der Waals surface area contributed by atoms with Crippen LogP contribution in [0.3, 0.4) is 0 Å². The van der Waals surface area contributed by atoms with Crippen LogP contribution in [0.5, 0.6) is 0 Å². The van der Waals surface area contributed by atoms with E-state index >= 15 is 0 Å². The number of piperidine rings is 1. The van der Waals surface area contributed by atoms with Crippen LogP contribution in [0.15, 0.2) is 29.3 Å². The maximum Gasteiger partial charge on any atom is 0.211 e. The molecule has 1 aliphatic rings. The molecule has 1 aromatic rings. The van der Waals surface area contributed by atoms with E-state index in [1.54, 1.807) is 11.4 Å². The molecule has 28 heavy (non-hydrogen) atoms. The van der Waals surface area contributed by atoms with Gasteiger partial charge in [-0.05, 0) is 41.7 Å². The molecule has 0 amide bonds. The molecule has 1 fully saturated rings. The van der Waals surface area contributed by atoms with Gasteiger partial charge in [0.15, 0.2) is 5.96 Å². The van der Waals surface area contributed by atoms with Gasteiger partial charge in [-0.2, -0.15) is 0 Å². The van der Waals surface area contributed by atoms with Gasteiger partial charge in [0.2, 0.25) is 10.0 Å². The first-order valence-electron chi connectivity index (χ1n) is 10.1. The third-order valence-electron chi connectivity index (χ3n) is 5.35. The molecule has 0 saturated carbocycles.